The highest BCUT2D eigenvalue weighted by atomic mass is 16.1. The maximum Gasteiger partial charge on any atom is 0.248 e. The summed E-state index contributed by atoms with van der Waals surface area (Å²) in [4.78, 5) is 18.0. The van der Waals surface area contributed by atoms with Gasteiger partial charge in [-0.25, -0.2) is 4.98 Å². The van der Waals surface area contributed by atoms with Gasteiger partial charge < -0.3 is 10.6 Å². The molecule has 1 aromatic rings. The van der Waals surface area contributed by atoms with Crippen LogP contribution in [0, 0.1) is 12.8 Å². The summed E-state index contributed by atoms with van der Waals surface area (Å²) >= 11 is 0. The normalized spacial score (nSPS) is 20.4. The predicted octanol–water partition coefficient (Wildman–Crippen LogP) is 1.73. The Balaban J connectivity index is 2.28. The van der Waals surface area contributed by atoms with Gasteiger partial charge in [-0.15, -0.1) is 0 Å². The number of rotatable bonds is 2. The molecule has 1 aliphatic rings. The van der Waals surface area contributed by atoms with E-state index in [4.69, 9.17) is 5.73 Å². The monoisotopic (exact) mass is 233 g/mol. The quantitative estimate of drug-likeness (QED) is 0.846. The van der Waals surface area contributed by atoms with Crippen molar-refractivity contribution in [2.24, 2.45) is 11.7 Å². The molecule has 17 heavy (non-hydrogen) atoms. The number of anilines is 1. The average molecular weight is 233 g/mol. The van der Waals surface area contributed by atoms with Gasteiger partial charge in [0, 0.05) is 24.3 Å². The number of primary amides is 1. The number of nitrogens with zero attached hydrogens (tertiary/aromatic N) is 2. The van der Waals surface area contributed by atoms with E-state index in [-0.39, 0.29) is 5.91 Å². The lowest BCUT2D eigenvalue weighted by Crippen LogP contribution is -2.35. The Labute approximate surface area is 102 Å². The second-order valence-corrected chi connectivity index (χ2v) is 4.91. The SMILES string of the molecule is Cc1cc(C(N)=O)cc(N2CCCC(C)C2)n1. The minimum absolute atomic E-state index is 0.387. The molecule has 1 amide bonds. The Morgan fingerprint density at radius 2 is 2.29 bits per heavy atom. The molecular weight excluding hydrogens is 214 g/mol. The molecule has 1 saturated heterocycles. The van der Waals surface area contributed by atoms with Crippen LogP contribution in [0.2, 0.25) is 0 Å². The van der Waals surface area contributed by atoms with Crippen LogP contribution in [0.5, 0.6) is 0 Å². The third kappa shape index (κ3) is 2.75. The number of hydrogen-bond donors (Lipinski definition) is 1. The van der Waals surface area contributed by atoms with Crippen LogP contribution in [0.1, 0.15) is 35.8 Å². The standard InChI is InChI=1S/C13H19N3O/c1-9-4-3-5-16(8-9)12-7-11(13(14)17)6-10(2)15-12/h6-7,9H,3-5,8H2,1-2H3,(H2,14,17). The molecule has 1 aliphatic heterocycles. The van der Waals surface area contributed by atoms with Crippen molar-refractivity contribution in [2.45, 2.75) is 26.7 Å². The maximum absolute atomic E-state index is 11.2. The maximum atomic E-state index is 11.2. The summed E-state index contributed by atoms with van der Waals surface area (Å²) in [6.45, 7) is 6.16. The number of hydrogen-bond acceptors (Lipinski definition) is 3. The highest BCUT2D eigenvalue weighted by molar-refractivity contribution is 5.93. The number of carbonyl (C=O) groups excluding carboxylic acids is 1. The Morgan fingerprint density at radius 1 is 1.53 bits per heavy atom. The number of pyridine rings is 1. The van der Waals surface area contributed by atoms with Gasteiger partial charge in [0.25, 0.3) is 0 Å². The van der Waals surface area contributed by atoms with E-state index < -0.39 is 0 Å². The molecule has 0 radical (unpaired) electrons. The van der Waals surface area contributed by atoms with E-state index in [0.29, 0.717) is 11.5 Å². The van der Waals surface area contributed by atoms with Crippen molar-refractivity contribution in [1.29, 1.82) is 0 Å². The van der Waals surface area contributed by atoms with Crippen molar-refractivity contribution >= 4 is 11.7 Å². The number of nitrogens with two attached hydrogens (primary N) is 1. The predicted molar refractivity (Wildman–Crippen MR) is 68.1 cm³/mol. The zero-order valence-electron chi connectivity index (χ0n) is 10.4. The van der Waals surface area contributed by atoms with E-state index in [1.807, 2.05) is 6.92 Å². The van der Waals surface area contributed by atoms with Crippen LogP contribution < -0.4 is 10.6 Å². The fourth-order valence-corrected chi connectivity index (χ4v) is 2.35. The molecule has 4 heteroatoms. The zero-order valence-corrected chi connectivity index (χ0v) is 10.4. The summed E-state index contributed by atoms with van der Waals surface area (Å²) in [6.07, 6.45) is 2.45. The molecule has 0 spiro atoms. The Bertz CT molecular complexity index is 431. The Morgan fingerprint density at radius 3 is 2.94 bits per heavy atom. The molecule has 92 valence electrons. The first-order valence-corrected chi connectivity index (χ1v) is 6.09. The summed E-state index contributed by atoms with van der Waals surface area (Å²) < 4.78 is 0. The van der Waals surface area contributed by atoms with Crippen molar-refractivity contribution in [2.75, 3.05) is 18.0 Å². The lowest BCUT2D eigenvalue weighted by atomic mass is 10.0. The molecule has 1 aromatic heterocycles. The van der Waals surface area contributed by atoms with E-state index in [0.717, 1.165) is 24.6 Å². The minimum atomic E-state index is -0.387. The van der Waals surface area contributed by atoms with Crippen molar-refractivity contribution in [1.82, 2.24) is 4.98 Å². The molecule has 0 aromatic carbocycles. The fraction of sp³-hybridized carbons (Fsp3) is 0.538. The third-order valence-electron chi connectivity index (χ3n) is 3.21. The minimum Gasteiger partial charge on any atom is -0.366 e. The molecule has 4 nitrogen and oxygen atoms in total. The summed E-state index contributed by atoms with van der Waals surface area (Å²) in [5.74, 6) is 1.18. The van der Waals surface area contributed by atoms with Crippen LogP contribution in [0.15, 0.2) is 12.1 Å². The number of aromatic nitrogens is 1. The van der Waals surface area contributed by atoms with Crippen LogP contribution in [0.3, 0.4) is 0 Å². The largest absolute Gasteiger partial charge is 0.366 e. The molecule has 1 fully saturated rings. The van der Waals surface area contributed by atoms with Crippen molar-refractivity contribution < 1.29 is 4.79 Å². The lowest BCUT2D eigenvalue weighted by Gasteiger charge is -2.32. The van der Waals surface area contributed by atoms with Gasteiger partial charge in [0.1, 0.15) is 5.82 Å². The van der Waals surface area contributed by atoms with E-state index in [1.165, 1.54) is 12.8 Å². The van der Waals surface area contributed by atoms with E-state index in [2.05, 4.69) is 16.8 Å². The highest BCUT2D eigenvalue weighted by Gasteiger charge is 2.18. The molecule has 0 saturated carbocycles. The smallest absolute Gasteiger partial charge is 0.248 e. The lowest BCUT2D eigenvalue weighted by molar-refractivity contribution is 0.1000. The van der Waals surface area contributed by atoms with E-state index >= 15 is 0 Å². The molecule has 2 rings (SSSR count). The first-order chi connectivity index (χ1) is 8.06. The average Bonchev–Trinajstić information content (AvgIpc) is 2.28. The van der Waals surface area contributed by atoms with E-state index in [1.54, 1.807) is 12.1 Å². The van der Waals surface area contributed by atoms with Crippen LogP contribution in [-0.4, -0.2) is 24.0 Å². The van der Waals surface area contributed by atoms with Gasteiger partial charge in [-0.1, -0.05) is 6.92 Å². The van der Waals surface area contributed by atoms with Gasteiger partial charge in [-0.2, -0.15) is 0 Å². The zero-order chi connectivity index (χ0) is 12.4. The van der Waals surface area contributed by atoms with Gasteiger partial charge >= 0.3 is 0 Å². The van der Waals surface area contributed by atoms with Gasteiger partial charge in [0.15, 0.2) is 0 Å². The van der Waals surface area contributed by atoms with Crippen LogP contribution in [0.4, 0.5) is 5.82 Å². The number of carbonyl (C=O) groups is 1. The number of aryl methyl sites for hydroxylation is 1. The molecule has 2 heterocycles. The van der Waals surface area contributed by atoms with Crippen LogP contribution in [0.25, 0.3) is 0 Å². The fourth-order valence-electron chi connectivity index (χ4n) is 2.35. The van der Waals surface area contributed by atoms with Gasteiger partial charge in [-0.3, -0.25) is 4.79 Å². The molecule has 1 unspecified atom stereocenters. The van der Waals surface area contributed by atoms with Crippen LogP contribution in [-0.2, 0) is 0 Å². The molecular formula is C13H19N3O. The summed E-state index contributed by atoms with van der Waals surface area (Å²) in [5.41, 5.74) is 6.71. The van der Waals surface area contributed by atoms with Crippen LogP contribution >= 0.6 is 0 Å². The second kappa shape index (κ2) is 4.73. The first-order valence-electron chi connectivity index (χ1n) is 6.09. The van der Waals surface area contributed by atoms with Crippen molar-refractivity contribution in [3.63, 3.8) is 0 Å². The van der Waals surface area contributed by atoms with Gasteiger partial charge in [-0.05, 0) is 37.8 Å². The molecule has 2 N–H and O–H groups in total. The summed E-state index contributed by atoms with van der Waals surface area (Å²) in [5, 5.41) is 0. The van der Waals surface area contributed by atoms with Crippen molar-refractivity contribution in [3.8, 4) is 0 Å². The topological polar surface area (TPSA) is 59.2 Å². The highest BCUT2D eigenvalue weighted by Crippen LogP contribution is 2.22. The molecule has 1 atom stereocenters. The molecule has 0 bridgehead atoms. The first kappa shape index (κ1) is 11.9. The Hall–Kier alpha value is -1.58. The summed E-state index contributed by atoms with van der Waals surface area (Å²) in [7, 11) is 0. The summed E-state index contributed by atoms with van der Waals surface area (Å²) in [6, 6.07) is 3.53. The Kier molecular flexibility index (Phi) is 3.31. The van der Waals surface area contributed by atoms with E-state index in [9.17, 15) is 4.79 Å². The number of piperidine rings is 1. The van der Waals surface area contributed by atoms with Gasteiger partial charge in [0.2, 0.25) is 5.91 Å². The van der Waals surface area contributed by atoms with Crippen molar-refractivity contribution in [3.05, 3.63) is 23.4 Å². The third-order valence-corrected chi connectivity index (χ3v) is 3.21. The second-order valence-electron chi connectivity index (χ2n) is 4.91. The number of amides is 1. The van der Waals surface area contributed by atoms with Gasteiger partial charge in [0.05, 0.1) is 0 Å². The molecule has 0 aliphatic carbocycles.